The van der Waals surface area contributed by atoms with E-state index in [4.69, 9.17) is 24.4 Å². The molecule has 1 aromatic heterocycles. The number of piperidine rings is 1. The second-order valence-electron chi connectivity index (χ2n) is 12.7. The summed E-state index contributed by atoms with van der Waals surface area (Å²) in [6.45, 7) is 4.52. The summed E-state index contributed by atoms with van der Waals surface area (Å²) in [7, 11) is 0. The summed E-state index contributed by atoms with van der Waals surface area (Å²) in [5.41, 5.74) is 0.110. The lowest BCUT2D eigenvalue weighted by atomic mass is 9.53. The van der Waals surface area contributed by atoms with Crippen LogP contribution in [-0.2, 0) is 14.4 Å². The first-order chi connectivity index (χ1) is 21.4. The number of aliphatic carboxylic acids is 2. The third-order valence-corrected chi connectivity index (χ3v) is 10.7. The third-order valence-electron chi connectivity index (χ3n) is 9.22. The smallest absolute Gasteiger partial charge is 0.475 e. The Bertz CT molecular complexity index is 1200. The zero-order chi connectivity index (χ0) is 34.0. The number of carbonyl (C=O) groups is 3. The maximum absolute atomic E-state index is 13.0. The number of carbonyl (C=O) groups excluding carboxylic acids is 1. The fourth-order valence-corrected chi connectivity index (χ4v) is 8.94. The van der Waals surface area contributed by atoms with Gasteiger partial charge in [-0.15, -0.1) is 11.8 Å². The van der Waals surface area contributed by atoms with Crippen molar-refractivity contribution in [3.05, 3.63) is 0 Å². The zero-order valence-electron chi connectivity index (χ0n) is 25.1. The molecule has 4 saturated carbocycles. The first kappa shape index (κ1) is 35.8. The number of aromatic nitrogens is 2. The van der Waals surface area contributed by atoms with E-state index in [0.717, 1.165) is 55.9 Å². The SMILES string of the molecule is CCC1SCC(C#N)N1n1on1C1CCN(CC(=O)NC23CC4CC(CC(C4)C2)C3)CC1.O=C(O)C(F)(F)F.O=C(O)C(F)(F)F. The minimum Gasteiger partial charge on any atom is -0.475 e. The van der Waals surface area contributed by atoms with Crippen LogP contribution in [0.15, 0.2) is 4.63 Å². The van der Waals surface area contributed by atoms with E-state index in [2.05, 4.69) is 28.2 Å². The van der Waals surface area contributed by atoms with Gasteiger partial charge in [0.15, 0.2) is 0 Å². The minimum absolute atomic E-state index is 0.110. The molecule has 0 spiro atoms. The number of likely N-dealkylation sites (tertiary alicyclic amines) is 1. The topological polar surface area (TPSA) is 157 Å². The molecule has 0 radical (unpaired) electrons. The summed E-state index contributed by atoms with van der Waals surface area (Å²) >= 11 is 1.83. The summed E-state index contributed by atoms with van der Waals surface area (Å²) in [6.07, 6.45) is 0.651. The van der Waals surface area contributed by atoms with Crippen LogP contribution in [0.5, 0.6) is 0 Å². The van der Waals surface area contributed by atoms with Crippen molar-refractivity contribution in [3.8, 4) is 6.07 Å². The monoisotopic (exact) mass is 688 g/mol. The van der Waals surface area contributed by atoms with Crippen molar-refractivity contribution in [3.63, 3.8) is 0 Å². The van der Waals surface area contributed by atoms with E-state index in [1.54, 1.807) is 0 Å². The molecule has 6 aliphatic rings. The molecule has 19 heteroatoms. The summed E-state index contributed by atoms with van der Waals surface area (Å²) in [6, 6.07) is 2.61. The van der Waals surface area contributed by atoms with E-state index < -0.39 is 24.3 Å². The Morgan fingerprint density at radius 1 is 0.957 bits per heavy atom. The van der Waals surface area contributed by atoms with Gasteiger partial charge < -0.3 is 15.5 Å². The van der Waals surface area contributed by atoms with Gasteiger partial charge in [0.05, 0.1) is 24.0 Å². The summed E-state index contributed by atoms with van der Waals surface area (Å²) in [5, 5.41) is 29.6. The molecule has 4 aliphatic carbocycles. The first-order valence-corrected chi connectivity index (χ1v) is 16.2. The zero-order valence-corrected chi connectivity index (χ0v) is 25.9. The number of carboxylic acid groups (broad SMARTS) is 2. The molecule has 1 aromatic rings. The molecule has 12 nitrogen and oxygen atoms in total. The molecule has 7 rings (SSSR count). The van der Waals surface area contributed by atoms with Gasteiger partial charge in [0.2, 0.25) is 5.91 Å². The largest absolute Gasteiger partial charge is 0.490 e. The van der Waals surface area contributed by atoms with Crippen LogP contribution < -0.4 is 10.3 Å². The number of alkyl halides is 6. The molecular formula is C27H38F6N6O6S. The van der Waals surface area contributed by atoms with Crippen LogP contribution in [-0.4, -0.2) is 97.5 Å². The second-order valence-corrected chi connectivity index (χ2v) is 13.9. The van der Waals surface area contributed by atoms with Crippen molar-refractivity contribution in [2.45, 2.75) is 100 Å². The van der Waals surface area contributed by atoms with Gasteiger partial charge in [0.25, 0.3) is 0 Å². The van der Waals surface area contributed by atoms with E-state index >= 15 is 0 Å². The van der Waals surface area contributed by atoms with E-state index in [-0.39, 0.29) is 17.5 Å². The molecule has 0 aromatic carbocycles. The van der Waals surface area contributed by atoms with Gasteiger partial charge in [0.1, 0.15) is 6.04 Å². The maximum Gasteiger partial charge on any atom is 0.490 e. The van der Waals surface area contributed by atoms with Crippen LogP contribution in [0.2, 0.25) is 0 Å². The second kappa shape index (κ2) is 14.0. The molecule has 2 unspecified atom stereocenters. The van der Waals surface area contributed by atoms with E-state index in [1.807, 2.05) is 21.6 Å². The average molecular weight is 689 g/mol. The Kier molecular flexibility index (Phi) is 10.9. The number of halogens is 6. The fraction of sp³-hybridized carbons (Fsp3) is 0.852. The number of nitrogens with one attached hydrogen (secondary N) is 1. The number of hydrogen-bond acceptors (Lipinski definition) is 8. The molecular weight excluding hydrogens is 650 g/mol. The van der Waals surface area contributed by atoms with Crippen LogP contribution >= 0.6 is 11.8 Å². The number of amides is 1. The highest BCUT2D eigenvalue weighted by molar-refractivity contribution is 8.00. The first-order valence-electron chi connectivity index (χ1n) is 15.1. The van der Waals surface area contributed by atoms with Gasteiger partial charge in [-0.2, -0.15) is 31.6 Å². The van der Waals surface area contributed by atoms with Crippen molar-refractivity contribution >= 4 is 29.6 Å². The number of nitriles is 1. The molecule has 6 fully saturated rings. The summed E-state index contributed by atoms with van der Waals surface area (Å²) in [5.74, 6) is -1.88. The van der Waals surface area contributed by atoms with Crippen molar-refractivity contribution in [1.82, 2.24) is 20.0 Å². The average Bonchev–Trinajstić information content (AvgIpc) is 3.62. The highest BCUT2D eigenvalue weighted by Gasteiger charge is 2.51. The summed E-state index contributed by atoms with van der Waals surface area (Å²) in [4.78, 5) is 36.8. The van der Waals surface area contributed by atoms with Crippen molar-refractivity contribution in [2.75, 3.05) is 30.4 Å². The van der Waals surface area contributed by atoms with Crippen LogP contribution in [0.4, 0.5) is 26.3 Å². The Labute approximate surface area is 264 Å². The molecule has 4 bridgehead atoms. The van der Waals surface area contributed by atoms with Crippen LogP contribution in [0.25, 0.3) is 0 Å². The molecule has 2 saturated heterocycles. The normalized spacial score (nSPS) is 31.0. The summed E-state index contributed by atoms with van der Waals surface area (Å²) < 4.78 is 69.3. The predicted octanol–water partition coefficient (Wildman–Crippen LogP) is 4.18. The number of thioether (sulfide) groups is 1. The van der Waals surface area contributed by atoms with Gasteiger partial charge in [-0.05, 0) is 75.5 Å². The Balaban J connectivity index is 0.000000289. The lowest BCUT2D eigenvalue weighted by Gasteiger charge is -2.57. The van der Waals surface area contributed by atoms with E-state index in [9.17, 15) is 36.4 Å². The lowest BCUT2D eigenvalue weighted by Crippen LogP contribution is -2.61. The number of rotatable bonds is 6. The third kappa shape index (κ3) is 8.87. The molecule has 2 aliphatic heterocycles. The van der Waals surface area contributed by atoms with E-state index in [1.165, 1.54) is 38.5 Å². The Morgan fingerprint density at radius 2 is 1.43 bits per heavy atom. The molecule has 3 heterocycles. The highest BCUT2D eigenvalue weighted by atomic mass is 32.2. The van der Waals surface area contributed by atoms with Gasteiger partial charge in [-0.3, -0.25) is 9.69 Å². The van der Waals surface area contributed by atoms with E-state index in [0.29, 0.717) is 18.0 Å². The molecule has 3 N–H and O–H groups in total. The Morgan fingerprint density at radius 3 is 1.85 bits per heavy atom. The highest BCUT2D eigenvalue weighted by Crippen LogP contribution is 2.55. The van der Waals surface area contributed by atoms with Crippen LogP contribution in [0, 0.1) is 29.1 Å². The van der Waals surface area contributed by atoms with Gasteiger partial charge in [-0.25, -0.2) is 19.2 Å². The van der Waals surface area contributed by atoms with Gasteiger partial charge >= 0.3 is 24.3 Å². The van der Waals surface area contributed by atoms with Gasteiger partial charge in [0, 0.05) is 29.3 Å². The van der Waals surface area contributed by atoms with Crippen LogP contribution in [0.1, 0.15) is 70.8 Å². The van der Waals surface area contributed by atoms with Crippen molar-refractivity contribution in [1.29, 1.82) is 5.26 Å². The molecule has 46 heavy (non-hydrogen) atoms. The fourth-order valence-electron chi connectivity index (χ4n) is 7.70. The lowest BCUT2D eigenvalue weighted by molar-refractivity contribution is -0.193. The standard InChI is InChI=1S/C23H36N6O2S.2C2HF3O2/c1-2-22-27(20(13-24)15-32-22)29-28(31-29)19-3-5-26(6-4-19)14-21(30)25-23-10-16-7-17(11-23)9-18(8-16)12-23;2*3-2(4,5)1(6)7/h16-20,22H,2-12,14-15H2,1H3,(H,25,30);2*(H,6,7). The Hall–Kier alpha value is -3.01. The molecule has 2 atom stereocenters. The minimum atomic E-state index is -5.08. The predicted molar refractivity (Wildman–Crippen MR) is 150 cm³/mol. The van der Waals surface area contributed by atoms with Crippen LogP contribution in [0.3, 0.4) is 0 Å². The molecule has 1 amide bonds. The quantitative estimate of drug-likeness (QED) is 0.371. The van der Waals surface area contributed by atoms with Crippen molar-refractivity contribution in [2.24, 2.45) is 17.8 Å². The van der Waals surface area contributed by atoms with Gasteiger partial charge in [-0.1, -0.05) is 11.8 Å². The number of nitrogens with zero attached hydrogens (tertiary/aromatic N) is 5. The molecule has 260 valence electrons. The number of carboxylic acids is 2. The number of hydrogen-bond donors (Lipinski definition) is 3. The maximum atomic E-state index is 13.0. The van der Waals surface area contributed by atoms with Crippen molar-refractivity contribution < 1.29 is 55.6 Å².